The molecule has 1 fully saturated rings. The van der Waals surface area contributed by atoms with E-state index in [1.807, 2.05) is 0 Å². The third kappa shape index (κ3) is 1.41. The van der Waals surface area contributed by atoms with E-state index >= 15 is 0 Å². The molecule has 13 heavy (non-hydrogen) atoms. The Bertz CT molecular complexity index is 211. The molecule has 0 saturated carbocycles. The van der Waals surface area contributed by atoms with Crippen molar-refractivity contribution in [3.8, 4) is 0 Å². The van der Waals surface area contributed by atoms with Crippen LogP contribution in [0.4, 0.5) is 22.0 Å². The summed E-state index contributed by atoms with van der Waals surface area (Å²) in [5, 5.41) is 0. The molecule has 0 bridgehead atoms. The number of halogens is 5. The van der Waals surface area contributed by atoms with E-state index in [1.54, 1.807) is 0 Å². The third-order valence-electron chi connectivity index (χ3n) is 2.07. The highest BCUT2D eigenvalue weighted by Crippen LogP contribution is 2.52. The van der Waals surface area contributed by atoms with Gasteiger partial charge in [0.2, 0.25) is 0 Å². The SMILES string of the molecule is CC1CC(C)(F)C(F)(C(F)(F)F)O1. The van der Waals surface area contributed by atoms with E-state index in [4.69, 9.17) is 0 Å². The maximum atomic E-state index is 13.2. The summed E-state index contributed by atoms with van der Waals surface area (Å²) in [5.41, 5.74) is -3.01. The number of rotatable bonds is 0. The molecule has 0 spiro atoms. The molecule has 3 unspecified atom stereocenters. The number of hydrogen-bond donors (Lipinski definition) is 0. The molecule has 3 atom stereocenters. The maximum Gasteiger partial charge on any atom is 0.451 e. The van der Waals surface area contributed by atoms with Gasteiger partial charge in [0.25, 0.3) is 0 Å². The van der Waals surface area contributed by atoms with Crippen LogP contribution >= 0.6 is 0 Å². The fraction of sp³-hybridized carbons (Fsp3) is 1.00. The summed E-state index contributed by atoms with van der Waals surface area (Å²) in [6, 6.07) is 0. The minimum Gasteiger partial charge on any atom is -0.333 e. The first-order valence-electron chi connectivity index (χ1n) is 3.72. The predicted octanol–water partition coefficient (Wildman–Crippen LogP) is 2.75. The van der Waals surface area contributed by atoms with Gasteiger partial charge in [-0.2, -0.15) is 17.6 Å². The Morgan fingerprint density at radius 2 is 1.77 bits per heavy atom. The zero-order valence-electron chi connectivity index (χ0n) is 7.08. The van der Waals surface area contributed by atoms with Crippen molar-refractivity contribution in [3.05, 3.63) is 0 Å². The average molecular weight is 204 g/mol. The lowest BCUT2D eigenvalue weighted by molar-refractivity contribution is -0.352. The van der Waals surface area contributed by atoms with Gasteiger partial charge in [0.05, 0.1) is 6.10 Å². The van der Waals surface area contributed by atoms with Crippen LogP contribution in [-0.2, 0) is 4.74 Å². The molecule has 0 aromatic carbocycles. The monoisotopic (exact) mass is 204 g/mol. The van der Waals surface area contributed by atoms with Crippen molar-refractivity contribution in [2.45, 2.75) is 44.1 Å². The summed E-state index contributed by atoms with van der Waals surface area (Å²) >= 11 is 0. The molecule has 1 rings (SSSR count). The Hall–Kier alpha value is -0.390. The molecule has 1 aliphatic heterocycles. The molecule has 0 amide bonds. The van der Waals surface area contributed by atoms with Crippen LogP contribution in [0.25, 0.3) is 0 Å². The molecule has 0 aliphatic carbocycles. The van der Waals surface area contributed by atoms with E-state index in [-0.39, 0.29) is 0 Å². The van der Waals surface area contributed by atoms with Gasteiger partial charge in [-0.1, -0.05) is 0 Å². The fourth-order valence-electron chi connectivity index (χ4n) is 1.48. The largest absolute Gasteiger partial charge is 0.451 e. The van der Waals surface area contributed by atoms with Crippen LogP contribution in [0, 0.1) is 0 Å². The van der Waals surface area contributed by atoms with Crippen molar-refractivity contribution in [1.29, 1.82) is 0 Å². The van der Waals surface area contributed by atoms with Gasteiger partial charge in [-0.05, 0) is 13.8 Å². The normalized spacial score (nSPS) is 46.8. The van der Waals surface area contributed by atoms with Gasteiger partial charge < -0.3 is 4.74 Å². The molecule has 78 valence electrons. The Kier molecular flexibility index (Phi) is 2.10. The molecule has 0 N–H and O–H groups in total. The summed E-state index contributed by atoms with van der Waals surface area (Å²) in [5.74, 6) is -4.17. The predicted molar refractivity (Wildman–Crippen MR) is 34.6 cm³/mol. The van der Waals surface area contributed by atoms with E-state index in [0.29, 0.717) is 6.92 Å². The summed E-state index contributed by atoms with van der Waals surface area (Å²) in [4.78, 5) is 0. The van der Waals surface area contributed by atoms with Gasteiger partial charge in [-0.25, -0.2) is 4.39 Å². The van der Waals surface area contributed by atoms with Crippen LogP contribution in [0.15, 0.2) is 0 Å². The van der Waals surface area contributed by atoms with E-state index in [1.165, 1.54) is 6.92 Å². The Morgan fingerprint density at radius 3 is 1.92 bits per heavy atom. The lowest BCUT2D eigenvalue weighted by Crippen LogP contribution is -2.53. The third-order valence-corrected chi connectivity index (χ3v) is 2.07. The van der Waals surface area contributed by atoms with Crippen LogP contribution in [0.2, 0.25) is 0 Å². The second kappa shape index (κ2) is 2.56. The van der Waals surface area contributed by atoms with Gasteiger partial charge in [0.1, 0.15) is 0 Å². The molecule has 1 saturated heterocycles. The van der Waals surface area contributed by atoms with Gasteiger partial charge in [0, 0.05) is 6.42 Å². The molecule has 1 aliphatic rings. The van der Waals surface area contributed by atoms with Crippen LogP contribution in [0.5, 0.6) is 0 Å². The van der Waals surface area contributed by atoms with E-state index in [2.05, 4.69) is 4.74 Å². The van der Waals surface area contributed by atoms with Gasteiger partial charge in [-0.15, -0.1) is 0 Å². The summed E-state index contributed by atoms with van der Waals surface area (Å²) in [6.45, 7) is 1.76. The second-order valence-electron chi connectivity index (χ2n) is 3.42. The van der Waals surface area contributed by atoms with Crippen molar-refractivity contribution < 1.29 is 26.7 Å². The van der Waals surface area contributed by atoms with Crippen LogP contribution in [-0.4, -0.2) is 23.8 Å². The van der Waals surface area contributed by atoms with Gasteiger partial charge in [0.15, 0.2) is 5.67 Å². The van der Waals surface area contributed by atoms with E-state index in [9.17, 15) is 22.0 Å². The Labute approximate surface area is 71.9 Å². The molecular formula is C7H9F5O. The lowest BCUT2D eigenvalue weighted by atomic mass is 9.96. The topological polar surface area (TPSA) is 9.23 Å². The first kappa shape index (κ1) is 10.7. The van der Waals surface area contributed by atoms with Crippen molar-refractivity contribution in [1.82, 2.24) is 0 Å². The highest BCUT2D eigenvalue weighted by atomic mass is 19.4. The summed E-state index contributed by atoms with van der Waals surface area (Å²) in [6.07, 6.45) is -6.99. The van der Waals surface area contributed by atoms with Crippen molar-refractivity contribution in [3.63, 3.8) is 0 Å². The zero-order chi connectivity index (χ0) is 10.5. The number of alkyl halides is 5. The molecule has 0 aromatic heterocycles. The highest BCUT2D eigenvalue weighted by Gasteiger charge is 2.73. The minimum atomic E-state index is -5.33. The Balaban J connectivity index is 3.03. The molecule has 1 nitrogen and oxygen atoms in total. The smallest absolute Gasteiger partial charge is 0.333 e. The van der Waals surface area contributed by atoms with E-state index < -0.39 is 30.2 Å². The van der Waals surface area contributed by atoms with E-state index in [0.717, 1.165) is 0 Å². The van der Waals surface area contributed by atoms with Gasteiger partial charge >= 0.3 is 12.0 Å². The average Bonchev–Trinajstić information content (AvgIpc) is 2.00. The first-order chi connectivity index (χ1) is 5.60. The molecule has 6 heteroatoms. The maximum absolute atomic E-state index is 13.2. The van der Waals surface area contributed by atoms with Crippen molar-refractivity contribution in [2.75, 3.05) is 0 Å². The van der Waals surface area contributed by atoms with Crippen LogP contribution in [0.1, 0.15) is 20.3 Å². The van der Waals surface area contributed by atoms with Crippen LogP contribution in [0.3, 0.4) is 0 Å². The first-order valence-corrected chi connectivity index (χ1v) is 3.72. The zero-order valence-corrected chi connectivity index (χ0v) is 7.08. The number of ether oxygens (including phenoxy) is 1. The molecular weight excluding hydrogens is 195 g/mol. The standard InChI is InChI=1S/C7H9F5O/c1-4-3-5(2,8)6(9,13-4)7(10,11)12/h4H,3H2,1-2H3. The summed E-state index contributed by atoms with van der Waals surface area (Å²) in [7, 11) is 0. The minimum absolute atomic E-state index is 0.560. The quantitative estimate of drug-likeness (QED) is 0.551. The van der Waals surface area contributed by atoms with Crippen LogP contribution < -0.4 is 0 Å². The molecule has 0 aromatic rings. The lowest BCUT2D eigenvalue weighted by Gasteiger charge is -2.30. The number of hydrogen-bond acceptors (Lipinski definition) is 1. The van der Waals surface area contributed by atoms with Crippen molar-refractivity contribution in [2.24, 2.45) is 0 Å². The Morgan fingerprint density at radius 1 is 1.31 bits per heavy atom. The summed E-state index contributed by atoms with van der Waals surface area (Å²) < 4.78 is 66.5. The fourth-order valence-corrected chi connectivity index (χ4v) is 1.48. The van der Waals surface area contributed by atoms with Crippen molar-refractivity contribution >= 4 is 0 Å². The van der Waals surface area contributed by atoms with Gasteiger partial charge in [-0.3, -0.25) is 0 Å². The highest BCUT2D eigenvalue weighted by molar-refractivity contribution is 5.02. The second-order valence-corrected chi connectivity index (χ2v) is 3.42. The molecule has 1 heterocycles. The molecule has 0 radical (unpaired) electrons.